The van der Waals surface area contributed by atoms with Gasteiger partial charge in [0, 0.05) is 20.0 Å². The maximum absolute atomic E-state index is 10.8. The Morgan fingerprint density at radius 2 is 2.44 bits per heavy atom. The van der Waals surface area contributed by atoms with Crippen LogP contribution in [0.1, 0.15) is 6.42 Å². The van der Waals surface area contributed by atoms with Crippen LogP contribution in [0, 0.1) is 0 Å². The van der Waals surface area contributed by atoms with E-state index in [9.17, 15) is 4.79 Å². The molecule has 0 aromatic rings. The fourth-order valence-corrected chi connectivity index (χ4v) is 0.877. The van der Waals surface area contributed by atoms with Gasteiger partial charge in [-0.25, -0.2) is 0 Å². The molecule has 9 heavy (non-hydrogen) atoms. The predicted octanol–water partition coefficient (Wildman–Crippen LogP) is -1.50. The molecule has 0 bridgehead atoms. The van der Waals surface area contributed by atoms with Crippen LogP contribution in [0.3, 0.4) is 0 Å². The largest absolute Gasteiger partial charge is 0.367 e. The van der Waals surface area contributed by atoms with E-state index in [1.54, 1.807) is 7.05 Å². The minimum atomic E-state index is -1.59. The molecule has 1 saturated heterocycles. The van der Waals surface area contributed by atoms with Crippen LogP contribution in [0.25, 0.3) is 0 Å². The molecule has 1 aliphatic heterocycles. The highest BCUT2D eigenvalue weighted by atomic mass is 16.3. The lowest BCUT2D eigenvalue weighted by molar-refractivity contribution is -0.141. The van der Waals surface area contributed by atoms with E-state index in [2.05, 4.69) is 0 Å². The minimum absolute atomic E-state index is 0.336. The first-order valence-electron chi connectivity index (χ1n) is 2.81. The molecule has 1 unspecified atom stereocenters. The highest BCUT2D eigenvalue weighted by Crippen LogP contribution is 2.14. The Kier molecular flexibility index (Phi) is 1.22. The van der Waals surface area contributed by atoms with Gasteiger partial charge in [0.05, 0.1) is 0 Å². The predicted molar refractivity (Wildman–Crippen MR) is 31.4 cm³/mol. The summed E-state index contributed by atoms with van der Waals surface area (Å²) in [7, 11) is 1.62. The van der Waals surface area contributed by atoms with Gasteiger partial charge in [-0.15, -0.1) is 0 Å². The number of rotatable bonds is 0. The van der Waals surface area contributed by atoms with Gasteiger partial charge in [0.15, 0.2) is 5.72 Å². The topological polar surface area (TPSA) is 66.6 Å². The van der Waals surface area contributed by atoms with Gasteiger partial charge in [0.25, 0.3) is 5.91 Å². The van der Waals surface area contributed by atoms with Crippen LogP contribution < -0.4 is 5.73 Å². The molecule has 1 heterocycles. The van der Waals surface area contributed by atoms with Gasteiger partial charge in [-0.1, -0.05) is 0 Å². The number of likely N-dealkylation sites (tertiary alicyclic amines) is 1. The number of nitrogens with two attached hydrogens (primary N) is 1. The monoisotopic (exact) mass is 130 g/mol. The van der Waals surface area contributed by atoms with Crippen molar-refractivity contribution in [1.82, 2.24) is 4.90 Å². The van der Waals surface area contributed by atoms with Crippen molar-refractivity contribution in [1.29, 1.82) is 0 Å². The molecular weight excluding hydrogens is 120 g/mol. The van der Waals surface area contributed by atoms with Crippen LogP contribution in [-0.4, -0.2) is 35.2 Å². The molecule has 4 nitrogen and oxygen atoms in total. The van der Waals surface area contributed by atoms with Crippen LogP contribution in [0.15, 0.2) is 0 Å². The molecule has 1 atom stereocenters. The third kappa shape index (κ3) is 0.906. The van der Waals surface area contributed by atoms with Crippen molar-refractivity contribution in [3.8, 4) is 0 Å². The molecule has 52 valence electrons. The number of nitrogens with zero attached hydrogens (tertiary/aromatic N) is 1. The molecule has 0 aromatic heterocycles. The van der Waals surface area contributed by atoms with Gasteiger partial charge >= 0.3 is 0 Å². The zero-order valence-corrected chi connectivity index (χ0v) is 5.29. The van der Waals surface area contributed by atoms with Crippen LogP contribution in [-0.2, 0) is 4.79 Å². The molecule has 1 amide bonds. The lowest BCUT2D eigenvalue weighted by Gasteiger charge is -2.13. The van der Waals surface area contributed by atoms with Crippen LogP contribution in [0.5, 0.6) is 0 Å². The Hall–Kier alpha value is -0.610. The average Bonchev–Trinajstić information content (AvgIpc) is 1.97. The fraction of sp³-hybridized carbons (Fsp3) is 0.800. The smallest absolute Gasteiger partial charge is 0.269 e. The Morgan fingerprint density at radius 3 is 2.56 bits per heavy atom. The summed E-state index contributed by atoms with van der Waals surface area (Å²) in [6.45, 7) is 0.547. The van der Waals surface area contributed by atoms with Crippen LogP contribution >= 0.6 is 0 Å². The standard InChI is InChI=1S/C5H10N2O2/c1-7-3-2-5(6,9)4(7)8/h9H,2-3,6H2,1H3. The van der Waals surface area contributed by atoms with E-state index < -0.39 is 5.72 Å². The fourth-order valence-electron chi connectivity index (χ4n) is 0.877. The van der Waals surface area contributed by atoms with Crippen molar-refractivity contribution < 1.29 is 9.90 Å². The van der Waals surface area contributed by atoms with Crippen molar-refractivity contribution in [2.24, 2.45) is 5.73 Å². The third-order valence-electron chi connectivity index (χ3n) is 1.55. The van der Waals surface area contributed by atoms with Crippen molar-refractivity contribution in [2.45, 2.75) is 12.1 Å². The van der Waals surface area contributed by atoms with Crippen molar-refractivity contribution in [3.63, 3.8) is 0 Å². The van der Waals surface area contributed by atoms with E-state index in [1.165, 1.54) is 4.90 Å². The number of hydrogen-bond donors (Lipinski definition) is 2. The molecule has 0 aromatic carbocycles. The summed E-state index contributed by atoms with van der Waals surface area (Å²) in [4.78, 5) is 12.2. The third-order valence-corrected chi connectivity index (χ3v) is 1.55. The van der Waals surface area contributed by atoms with E-state index in [-0.39, 0.29) is 5.91 Å². The van der Waals surface area contributed by atoms with E-state index in [4.69, 9.17) is 10.8 Å². The Labute approximate surface area is 53.2 Å². The number of hydrogen-bond acceptors (Lipinski definition) is 3. The number of carbonyl (C=O) groups is 1. The lowest BCUT2D eigenvalue weighted by atomic mass is 10.2. The molecular formula is C5H10N2O2. The summed E-state index contributed by atoms with van der Waals surface area (Å²) in [6.07, 6.45) is 0.336. The quantitative estimate of drug-likeness (QED) is 0.392. The van der Waals surface area contributed by atoms with Gasteiger partial charge in [0.1, 0.15) is 0 Å². The summed E-state index contributed by atoms with van der Waals surface area (Å²) < 4.78 is 0. The second-order valence-corrected chi connectivity index (χ2v) is 2.40. The Balaban J connectivity index is 2.74. The van der Waals surface area contributed by atoms with E-state index in [0.29, 0.717) is 13.0 Å². The van der Waals surface area contributed by atoms with E-state index in [1.807, 2.05) is 0 Å². The van der Waals surface area contributed by atoms with E-state index in [0.717, 1.165) is 0 Å². The summed E-state index contributed by atoms with van der Waals surface area (Å²) >= 11 is 0. The first kappa shape index (κ1) is 6.51. The second-order valence-electron chi connectivity index (χ2n) is 2.40. The number of likely N-dealkylation sites (N-methyl/N-ethyl adjacent to an activating group) is 1. The van der Waals surface area contributed by atoms with Crippen LogP contribution in [0.4, 0.5) is 0 Å². The summed E-state index contributed by atoms with van der Waals surface area (Å²) in [5, 5.41) is 9.02. The minimum Gasteiger partial charge on any atom is -0.367 e. The van der Waals surface area contributed by atoms with Crippen molar-refractivity contribution in [2.75, 3.05) is 13.6 Å². The lowest BCUT2D eigenvalue weighted by Crippen LogP contribution is -2.46. The molecule has 1 aliphatic rings. The maximum atomic E-state index is 10.8. The molecule has 0 aliphatic carbocycles. The molecule has 3 N–H and O–H groups in total. The van der Waals surface area contributed by atoms with Gasteiger partial charge in [-0.05, 0) is 0 Å². The molecule has 0 radical (unpaired) electrons. The van der Waals surface area contributed by atoms with E-state index >= 15 is 0 Å². The van der Waals surface area contributed by atoms with Crippen LogP contribution in [0.2, 0.25) is 0 Å². The number of amides is 1. The second kappa shape index (κ2) is 1.68. The number of aliphatic hydroxyl groups is 1. The van der Waals surface area contributed by atoms with Gasteiger partial charge in [0.2, 0.25) is 0 Å². The maximum Gasteiger partial charge on any atom is 0.269 e. The highest BCUT2D eigenvalue weighted by Gasteiger charge is 2.39. The average molecular weight is 130 g/mol. The van der Waals surface area contributed by atoms with Crippen molar-refractivity contribution >= 4 is 5.91 Å². The summed E-state index contributed by atoms with van der Waals surface area (Å²) in [5.41, 5.74) is 3.59. The normalized spacial score (nSPS) is 35.9. The van der Waals surface area contributed by atoms with Crippen molar-refractivity contribution in [3.05, 3.63) is 0 Å². The molecule has 1 rings (SSSR count). The first-order chi connectivity index (χ1) is 4.04. The SMILES string of the molecule is CN1CCC(N)(O)C1=O. The van der Waals surface area contributed by atoms with Gasteiger partial charge in [-0.2, -0.15) is 0 Å². The van der Waals surface area contributed by atoms with Gasteiger partial charge < -0.3 is 10.0 Å². The zero-order chi connectivity index (χ0) is 7.07. The van der Waals surface area contributed by atoms with Gasteiger partial charge in [-0.3, -0.25) is 10.5 Å². The number of carbonyl (C=O) groups excluding carboxylic acids is 1. The Bertz CT molecular complexity index is 144. The summed E-state index contributed by atoms with van der Waals surface area (Å²) in [6, 6.07) is 0. The molecule has 0 spiro atoms. The molecule has 4 heteroatoms. The molecule has 1 fully saturated rings. The Morgan fingerprint density at radius 1 is 1.89 bits per heavy atom. The zero-order valence-electron chi connectivity index (χ0n) is 5.29. The highest BCUT2D eigenvalue weighted by molar-refractivity contribution is 5.86. The summed E-state index contributed by atoms with van der Waals surface area (Å²) in [5.74, 6) is -0.387. The molecule has 0 saturated carbocycles. The first-order valence-corrected chi connectivity index (χ1v) is 2.81.